The van der Waals surface area contributed by atoms with Crippen LogP contribution in [0.25, 0.3) is 10.8 Å². The molecule has 1 nitrogen and oxygen atoms in total. The van der Waals surface area contributed by atoms with Crippen molar-refractivity contribution in [3.05, 3.63) is 41.2 Å². The van der Waals surface area contributed by atoms with Crippen molar-refractivity contribution >= 4 is 10.8 Å². The van der Waals surface area contributed by atoms with Crippen molar-refractivity contribution in [3.8, 4) is 0 Å². The van der Waals surface area contributed by atoms with Gasteiger partial charge in [-0.15, -0.1) is 0 Å². The number of aryl methyl sites for hydroxylation is 2. The molecule has 0 aliphatic carbocycles. The molecule has 72 valence electrons. The minimum absolute atomic E-state index is 0.427. The molecule has 2 aromatic rings. The standard InChI is InChI=1S/C11H9F2N/c1-6-3-10-9(7(2)14-6)4-8(12)5-11(10)13/h3-5H,1-2H3. The van der Waals surface area contributed by atoms with Crippen molar-refractivity contribution in [1.82, 2.24) is 4.98 Å². The maximum atomic E-state index is 13.3. The molecular formula is C11H9F2N. The molecule has 1 aromatic carbocycles. The molecule has 0 saturated heterocycles. The van der Waals surface area contributed by atoms with Crippen LogP contribution in [0.15, 0.2) is 18.2 Å². The van der Waals surface area contributed by atoms with Gasteiger partial charge >= 0.3 is 0 Å². The highest BCUT2D eigenvalue weighted by atomic mass is 19.1. The van der Waals surface area contributed by atoms with Crippen LogP contribution < -0.4 is 0 Å². The third-order valence-electron chi connectivity index (χ3n) is 2.18. The van der Waals surface area contributed by atoms with Crippen molar-refractivity contribution in [2.24, 2.45) is 0 Å². The third kappa shape index (κ3) is 1.35. The number of hydrogen-bond donors (Lipinski definition) is 0. The Hall–Kier alpha value is -1.51. The monoisotopic (exact) mass is 193 g/mol. The summed E-state index contributed by atoms with van der Waals surface area (Å²) < 4.78 is 26.2. The van der Waals surface area contributed by atoms with E-state index in [1.165, 1.54) is 6.07 Å². The Labute approximate surface area is 80.4 Å². The molecule has 14 heavy (non-hydrogen) atoms. The van der Waals surface area contributed by atoms with E-state index in [0.29, 0.717) is 16.5 Å². The minimum Gasteiger partial charge on any atom is -0.258 e. The van der Waals surface area contributed by atoms with Gasteiger partial charge in [-0.05, 0) is 26.0 Å². The second kappa shape index (κ2) is 3.01. The van der Waals surface area contributed by atoms with Gasteiger partial charge < -0.3 is 0 Å². The number of nitrogens with zero attached hydrogens (tertiary/aromatic N) is 1. The Kier molecular flexibility index (Phi) is 1.95. The Morgan fingerprint density at radius 2 is 1.71 bits per heavy atom. The van der Waals surface area contributed by atoms with Crippen LogP contribution in [0.3, 0.4) is 0 Å². The topological polar surface area (TPSA) is 12.9 Å². The summed E-state index contributed by atoms with van der Waals surface area (Å²) in [6, 6.07) is 3.82. The Balaban J connectivity index is 2.94. The van der Waals surface area contributed by atoms with Gasteiger partial charge in [-0.3, -0.25) is 4.98 Å². The number of aromatic nitrogens is 1. The summed E-state index contributed by atoms with van der Waals surface area (Å²) in [5.41, 5.74) is 1.39. The van der Waals surface area contributed by atoms with Crippen molar-refractivity contribution in [1.29, 1.82) is 0 Å². The lowest BCUT2D eigenvalue weighted by atomic mass is 10.1. The van der Waals surface area contributed by atoms with E-state index in [1.54, 1.807) is 19.9 Å². The van der Waals surface area contributed by atoms with Crippen LogP contribution in [0.2, 0.25) is 0 Å². The lowest BCUT2D eigenvalue weighted by molar-refractivity contribution is 0.591. The number of fused-ring (bicyclic) bond motifs is 1. The molecule has 0 atom stereocenters. The van der Waals surface area contributed by atoms with Gasteiger partial charge in [0.05, 0.1) is 0 Å². The number of halogens is 2. The highest BCUT2D eigenvalue weighted by Crippen LogP contribution is 2.22. The molecule has 2 rings (SSSR count). The molecule has 0 radical (unpaired) electrons. The molecule has 0 aliphatic rings. The fourth-order valence-corrected chi connectivity index (χ4v) is 1.60. The predicted octanol–water partition coefficient (Wildman–Crippen LogP) is 3.13. The van der Waals surface area contributed by atoms with Crippen LogP contribution in [0, 0.1) is 25.5 Å². The second-order valence-electron chi connectivity index (χ2n) is 3.33. The molecule has 1 aromatic heterocycles. The zero-order valence-electron chi connectivity index (χ0n) is 7.94. The molecule has 0 fully saturated rings. The predicted molar refractivity (Wildman–Crippen MR) is 51.1 cm³/mol. The molecule has 0 spiro atoms. The minimum atomic E-state index is -0.566. The summed E-state index contributed by atoms with van der Waals surface area (Å²) in [6.45, 7) is 3.53. The van der Waals surface area contributed by atoms with Crippen LogP contribution in [0.1, 0.15) is 11.4 Å². The lowest BCUT2D eigenvalue weighted by Gasteiger charge is -2.04. The smallest absolute Gasteiger partial charge is 0.134 e. The zero-order chi connectivity index (χ0) is 10.3. The van der Waals surface area contributed by atoms with Crippen LogP contribution in [-0.2, 0) is 0 Å². The van der Waals surface area contributed by atoms with Gasteiger partial charge in [-0.2, -0.15) is 0 Å². The van der Waals surface area contributed by atoms with Crippen LogP contribution >= 0.6 is 0 Å². The molecule has 0 amide bonds. The molecule has 0 unspecified atom stereocenters. The van der Waals surface area contributed by atoms with Gasteiger partial charge in [0.25, 0.3) is 0 Å². The SMILES string of the molecule is Cc1cc2c(F)cc(F)cc2c(C)n1. The quantitative estimate of drug-likeness (QED) is 0.626. The van der Waals surface area contributed by atoms with E-state index in [1.807, 2.05) is 0 Å². The summed E-state index contributed by atoms with van der Waals surface area (Å²) >= 11 is 0. The number of pyridine rings is 1. The highest BCUT2D eigenvalue weighted by molar-refractivity contribution is 5.85. The normalized spacial score (nSPS) is 10.9. The Bertz CT molecular complexity index is 459. The maximum Gasteiger partial charge on any atom is 0.134 e. The summed E-state index contributed by atoms with van der Waals surface area (Å²) in [5, 5.41) is 0.963. The van der Waals surface area contributed by atoms with Gasteiger partial charge in [0.2, 0.25) is 0 Å². The average Bonchev–Trinajstić information content (AvgIpc) is 2.07. The van der Waals surface area contributed by atoms with E-state index in [0.717, 1.165) is 11.8 Å². The maximum absolute atomic E-state index is 13.3. The highest BCUT2D eigenvalue weighted by Gasteiger charge is 2.07. The number of benzene rings is 1. The van der Waals surface area contributed by atoms with Crippen molar-refractivity contribution < 1.29 is 8.78 Å². The summed E-state index contributed by atoms with van der Waals surface area (Å²) in [7, 11) is 0. The summed E-state index contributed by atoms with van der Waals surface area (Å²) in [6.07, 6.45) is 0. The largest absolute Gasteiger partial charge is 0.258 e. The zero-order valence-corrected chi connectivity index (χ0v) is 7.94. The average molecular weight is 193 g/mol. The Morgan fingerprint density at radius 3 is 2.43 bits per heavy atom. The fourth-order valence-electron chi connectivity index (χ4n) is 1.60. The van der Waals surface area contributed by atoms with E-state index < -0.39 is 11.6 Å². The molecular weight excluding hydrogens is 184 g/mol. The van der Waals surface area contributed by atoms with Gasteiger partial charge in [-0.25, -0.2) is 8.78 Å². The lowest BCUT2D eigenvalue weighted by Crippen LogP contribution is -1.91. The molecule has 0 bridgehead atoms. The first kappa shape index (κ1) is 9.06. The van der Waals surface area contributed by atoms with Crippen molar-refractivity contribution in [3.63, 3.8) is 0 Å². The Morgan fingerprint density at radius 1 is 1.00 bits per heavy atom. The van der Waals surface area contributed by atoms with Gasteiger partial charge in [-0.1, -0.05) is 0 Å². The molecule has 3 heteroatoms. The molecule has 1 heterocycles. The van der Waals surface area contributed by atoms with E-state index >= 15 is 0 Å². The van der Waals surface area contributed by atoms with Gasteiger partial charge in [0, 0.05) is 28.2 Å². The van der Waals surface area contributed by atoms with Gasteiger partial charge in [0.15, 0.2) is 0 Å². The number of hydrogen-bond acceptors (Lipinski definition) is 1. The first-order chi connectivity index (χ1) is 6.58. The number of rotatable bonds is 0. The first-order valence-electron chi connectivity index (χ1n) is 4.31. The van der Waals surface area contributed by atoms with E-state index in [4.69, 9.17) is 0 Å². The van der Waals surface area contributed by atoms with E-state index in [-0.39, 0.29) is 0 Å². The van der Waals surface area contributed by atoms with Crippen LogP contribution in [0.4, 0.5) is 8.78 Å². The molecule has 0 N–H and O–H groups in total. The summed E-state index contributed by atoms with van der Waals surface area (Å²) in [4.78, 5) is 4.15. The van der Waals surface area contributed by atoms with Crippen molar-refractivity contribution in [2.75, 3.05) is 0 Å². The summed E-state index contributed by atoms with van der Waals surface area (Å²) in [5.74, 6) is -1.10. The van der Waals surface area contributed by atoms with Crippen LogP contribution in [-0.4, -0.2) is 4.98 Å². The van der Waals surface area contributed by atoms with Crippen molar-refractivity contribution in [2.45, 2.75) is 13.8 Å². The first-order valence-corrected chi connectivity index (χ1v) is 4.31. The molecule has 0 saturated carbocycles. The van der Waals surface area contributed by atoms with Gasteiger partial charge in [0.1, 0.15) is 11.6 Å². The second-order valence-corrected chi connectivity index (χ2v) is 3.33. The fraction of sp³-hybridized carbons (Fsp3) is 0.182. The van der Waals surface area contributed by atoms with E-state index in [9.17, 15) is 8.78 Å². The van der Waals surface area contributed by atoms with E-state index in [2.05, 4.69) is 4.98 Å². The third-order valence-corrected chi connectivity index (χ3v) is 2.18. The molecule has 0 aliphatic heterocycles. The van der Waals surface area contributed by atoms with Crippen LogP contribution in [0.5, 0.6) is 0 Å².